The van der Waals surface area contributed by atoms with Crippen LogP contribution in [-0.4, -0.2) is 34.9 Å². The zero-order valence-electron chi connectivity index (χ0n) is 13.6. The molecule has 0 aliphatic carbocycles. The number of amides is 1. The van der Waals surface area contributed by atoms with Gasteiger partial charge in [0.2, 0.25) is 12.4 Å². The zero-order valence-corrected chi connectivity index (χ0v) is 13.6. The molecule has 1 heterocycles. The number of anilines is 3. The Bertz CT molecular complexity index is 822. The smallest absolute Gasteiger partial charge is 0.254 e. The molecule has 10 heteroatoms. The maximum atomic E-state index is 12.3. The van der Waals surface area contributed by atoms with Gasteiger partial charge in [-0.1, -0.05) is 6.07 Å². The second kappa shape index (κ2) is 8.68. The molecule has 2 rings (SSSR count). The third-order valence-corrected chi connectivity index (χ3v) is 3.31. The summed E-state index contributed by atoms with van der Waals surface area (Å²) in [5.41, 5.74) is 11.9. The van der Waals surface area contributed by atoms with Gasteiger partial charge in [-0.3, -0.25) is 4.79 Å². The number of hydrogen-bond acceptors (Lipinski definition) is 7. The first-order valence-electron chi connectivity index (χ1n) is 7.60. The van der Waals surface area contributed by atoms with E-state index in [0.29, 0.717) is 11.3 Å². The number of primary amides is 1. The van der Waals surface area contributed by atoms with E-state index in [2.05, 4.69) is 20.6 Å². The molecule has 1 amide bonds. The number of carbonyl (C=O) groups excluding carboxylic acids is 1. The quantitative estimate of drug-likeness (QED) is 0.559. The highest BCUT2D eigenvalue weighted by Crippen LogP contribution is 2.20. The number of nitrogens with one attached hydrogen (secondary N) is 2. The fraction of sp³-hybridized carbons (Fsp3) is 0.250. The van der Waals surface area contributed by atoms with Crippen LogP contribution in [0.2, 0.25) is 0 Å². The molecule has 6 N–H and O–H groups in total. The highest BCUT2D eigenvalue weighted by molar-refractivity contribution is 5.98. The molecule has 0 saturated carbocycles. The summed E-state index contributed by atoms with van der Waals surface area (Å²) in [7, 11) is 0. The lowest BCUT2D eigenvalue weighted by Crippen LogP contribution is -2.31. The van der Waals surface area contributed by atoms with Crippen LogP contribution >= 0.6 is 0 Å². The van der Waals surface area contributed by atoms with E-state index < -0.39 is 24.8 Å². The Labute approximate surface area is 148 Å². The molecule has 1 aromatic heterocycles. The van der Waals surface area contributed by atoms with Crippen LogP contribution in [0.4, 0.5) is 26.2 Å². The maximum absolute atomic E-state index is 12.3. The third-order valence-electron chi connectivity index (χ3n) is 3.31. The summed E-state index contributed by atoms with van der Waals surface area (Å²) in [5.74, 6) is -0.531. The van der Waals surface area contributed by atoms with Gasteiger partial charge in [0.1, 0.15) is 11.4 Å². The van der Waals surface area contributed by atoms with Crippen LogP contribution in [0.3, 0.4) is 0 Å². The molecule has 0 radical (unpaired) electrons. The number of rotatable bonds is 8. The normalized spacial score (nSPS) is 11.7. The number of benzene rings is 1. The lowest BCUT2D eigenvalue weighted by atomic mass is 10.2. The lowest BCUT2D eigenvalue weighted by Gasteiger charge is -2.14. The minimum atomic E-state index is -2.51. The molecule has 136 valence electrons. The predicted octanol–water partition coefficient (Wildman–Crippen LogP) is 1.59. The second-order valence-electron chi connectivity index (χ2n) is 5.41. The average Bonchev–Trinajstić information content (AvgIpc) is 2.59. The molecule has 8 nitrogen and oxygen atoms in total. The molecular weight excluding hydrogens is 344 g/mol. The van der Waals surface area contributed by atoms with E-state index in [0.717, 1.165) is 0 Å². The first kappa shape index (κ1) is 19.0. The number of halogens is 2. The van der Waals surface area contributed by atoms with Crippen LogP contribution < -0.4 is 22.1 Å². The van der Waals surface area contributed by atoms with Crippen LogP contribution in [0.15, 0.2) is 30.5 Å². The summed E-state index contributed by atoms with van der Waals surface area (Å²) in [6, 6.07) is 7.75. The molecule has 1 aromatic carbocycles. The van der Waals surface area contributed by atoms with E-state index in [1.54, 1.807) is 24.3 Å². The maximum Gasteiger partial charge on any atom is 0.254 e. The van der Waals surface area contributed by atoms with Crippen LogP contribution in [-0.2, 0) is 0 Å². The minimum Gasteiger partial charge on any atom is -0.365 e. The van der Waals surface area contributed by atoms with Crippen molar-refractivity contribution in [2.75, 3.05) is 17.2 Å². The van der Waals surface area contributed by atoms with E-state index in [4.69, 9.17) is 16.7 Å². The van der Waals surface area contributed by atoms with Crippen molar-refractivity contribution in [2.45, 2.75) is 18.9 Å². The van der Waals surface area contributed by atoms with Crippen molar-refractivity contribution in [1.82, 2.24) is 9.97 Å². The summed E-state index contributed by atoms with van der Waals surface area (Å²) >= 11 is 0. The van der Waals surface area contributed by atoms with Gasteiger partial charge in [-0.05, 0) is 18.2 Å². The van der Waals surface area contributed by atoms with E-state index in [1.165, 1.54) is 6.20 Å². The summed E-state index contributed by atoms with van der Waals surface area (Å²) in [4.78, 5) is 19.6. The average molecular weight is 361 g/mol. The first-order chi connectivity index (χ1) is 12.4. The van der Waals surface area contributed by atoms with E-state index in [-0.39, 0.29) is 23.9 Å². The fourth-order valence-electron chi connectivity index (χ4n) is 2.08. The highest BCUT2D eigenvalue weighted by atomic mass is 19.3. The number of carbonyl (C=O) groups is 1. The van der Waals surface area contributed by atoms with Gasteiger partial charge in [0.05, 0.1) is 11.6 Å². The summed E-state index contributed by atoms with van der Waals surface area (Å²) < 4.78 is 24.6. The summed E-state index contributed by atoms with van der Waals surface area (Å²) in [6.45, 7) is 0.0314. The molecule has 0 aliphatic rings. The number of alkyl halides is 2. The van der Waals surface area contributed by atoms with Gasteiger partial charge < -0.3 is 22.1 Å². The zero-order chi connectivity index (χ0) is 19.1. The van der Waals surface area contributed by atoms with Crippen molar-refractivity contribution in [3.8, 4) is 6.07 Å². The highest BCUT2D eigenvalue weighted by Gasteiger charge is 2.14. The third kappa shape index (κ3) is 5.35. The Morgan fingerprint density at radius 3 is 2.81 bits per heavy atom. The Kier molecular flexibility index (Phi) is 6.35. The largest absolute Gasteiger partial charge is 0.365 e. The van der Waals surface area contributed by atoms with E-state index >= 15 is 0 Å². The topological polar surface area (TPSA) is 143 Å². The van der Waals surface area contributed by atoms with Crippen molar-refractivity contribution < 1.29 is 13.6 Å². The molecule has 1 unspecified atom stereocenters. The Morgan fingerprint density at radius 1 is 1.38 bits per heavy atom. The van der Waals surface area contributed by atoms with Crippen LogP contribution in [0, 0.1) is 11.3 Å². The van der Waals surface area contributed by atoms with Crippen LogP contribution in [0.25, 0.3) is 0 Å². The van der Waals surface area contributed by atoms with Crippen molar-refractivity contribution >= 4 is 23.4 Å². The predicted molar refractivity (Wildman–Crippen MR) is 92.1 cm³/mol. The SMILES string of the molecule is N#Cc1cccc(Nc2nc(NCC(N)CC(F)F)ncc2C(N)=O)c1. The number of nitriles is 1. The summed E-state index contributed by atoms with van der Waals surface area (Å²) in [6.07, 6.45) is -1.75. The number of nitrogens with two attached hydrogens (primary N) is 2. The van der Waals surface area contributed by atoms with E-state index in [9.17, 15) is 13.6 Å². The molecule has 0 saturated heterocycles. The number of nitrogens with zero attached hydrogens (tertiary/aromatic N) is 3. The van der Waals surface area contributed by atoms with Crippen LogP contribution in [0.1, 0.15) is 22.3 Å². The van der Waals surface area contributed by atoms with Gasteiger partial charge >= 0.3 is 0 Å². The van der Waals surface area contributed by atoms with Crippen molar-refractivity contribution in [3.05, 3.63) is 41.6 Å². The van der Waals surface area contributed by atoms with Gasteiger partial charge in [0.15, 0.2) is 0 Å². The van der Waals surface area contributed by atoms with E-state index in [1.807, 2.05) is 6.07 Å². The van der Waals surface area contributed by atoms with Crippen molar-refractivity contribution in [1.29, 1.82) is 5.26 Å². The molecule has 26 heavy (non-hydrogen) atoms. The molecule has 0 bridgehead atoms. The van der Waals surface area contributed by atoms with Gasteiger partial charge in [-0.15, -0.1) is 0 Å². The van der Waals surface area contributed by atoms with Gasteiger partial charge in [-0.25, -0.2) is 13.8 Å². The Hall–Kier alpha value is -3.32. The van der Waals surface area contributed by atoms with Crippen molar-refractivity contribution in [3.63, 3.8) is 0 Å². The molecule has 0 aliphatic heterocycles. The van der Waals surface area contributed by atoms with Gasteiger partial charge in [-0.2, -0.15) is 10.2 Å². The second-order valence-corrected chi connectivity index (χ2v) is 5.41. The molecule has 0 fully saturated rings. The molecule has 0 spiro atoms. The number of aromatic nitrogens is 2. The molecule has 1 atom stereocenters. The monoisotopic (exact) mass is 361 g/mol. The molecular formula is C16H17F2N7O. The minimum absolute atomic E-state index is 0.0314. The number of hydrogen-bond donors (Lipinski definition) is 4. The summed E-state index contributed by atoms with van der Waals surface area (Å²) in [5, 5.41) is 14.6. The van der Waals surface area contributed by atoms with Gasteiger partial charge in [0, 0.05) is 30.9 Å². The first-order valence-corrected chi connectivity index (χ1v) is 7.60. The van der Waals surface area contributed by atoms with Crippen LogP contribution in [0.5, 0.6) is 0 Å². The fourth-order valence-corrected chi connectivity index (χ4v) is 2.08. The Balaban J connectivity index is 2.20. The Morgan fingerprint density at radius 2 is 2.15 bits per heavy atom. The lowest BCUT2D eigenvalue weighted by molar-refractivity contribution is 0.100. The van der Waals surface area contributed by atoms with Gasteiger partial charge in [0.25, 0.3) is 5.91 Å². The standard InChI is InChI=1S/C16H17F2N7O/c17-13(18)5-10(20)7-22-16-23-8-12(14(21)26)15(25-16)24-11-3-1-2-9(4-11)6-19/h1-4,8,10,13H,5,7,20H2,(H2,21,26)(H2,22,23,24,25). The molecule has 2 aromatic rings. The van der Waals surface area contributed by atoms with Crippen molar-refractivity contribution in [2.24, 2.45) is 11.5 Å².